The molecule has 1 aliphatic rings. The number of carbonyl (C=O) groups excluding carboxylic acids is 1. The van der Waals surface area contributed by atoms with E-state index in [9.17, 15) is 40.5 Å². The lowest BCUT2D eigenvalue weighted by atomic mass is 9.98. The number of carbonyl (C=O) groups is 1. The Labute approximate surface area is 474 Å². The average Bonchev–Trinajstić information content (AvgIpc) is 3.43. The van der Waals surface area contributed by atoms with Crippen molar-refractivity contribution in [3.63, 3.8) is 0 Å². The first-order valence-corrected chi connectivity index (χ1v) is 33.2. The van der Waals surface area contributed by atoms with Gasteiger partial charge in [0, 0.05) is 0 Å². The first-order valence-electron chi connectivity index (χ1n) is 33.2. The molecule has 0 radical (unpaired) electrons. The minimum absolute atomic E-state index is 0.249. The zero-order chi connectivity index (χ0) is 56.1. The SMILES string of the molecule is CCCCCCCCCCCCCCCCCC/C=C/CC/C=C/CCCC(O)C(O)C(COC1OC(CO)C(O)C(O)C1O)NC(=O)C(O)CCCCCCCCCCCCCCCCCCCCCCCCCCC. The lowest BCUT2D eigenvalue weighted by Gasteiger charge is -2.40. The molecule has 1 amide bonds. The van der Waals surface area contributed by atoms with Crippen molar-refractivity contribution in [1.82, 2.24) is 5.32 Å². The third kappa shape index (κ3) is 43.0. The van der Waals surface area contributed by atoms with E-state index in [2.05, 4.69) is 43.5 Å². The number of unbranched alkanes of at least 4 members (excludes halogenated alkanes) is 42. The van der Waals surface area contributed by atoms with Crippen LogP contribution >= 0.6 is 0 Å². The van der Waals surface area contributed by atoms with Crippen LogP contribution in [-0.4, -0.2) is 110 Å². The van der Waals surface area contributed by atoms with Gasteiger partial charge in [0.2, 0.25) is 5.91 Å². The highest BCUT2D eigenvalue weighted by atomic mass is 16.7. The summed E-state index contributed by atoms with van der Waals surface area (Å²) >= 11 is 0. The van der Waals surface area contributed by atoms with Gasteiger partial charge in [0.05, 0.1) is 25.4 Å². The molecule has 1 heterocycles. The second-order valence-corrected chi connectivity index (χ2v) is 23.5. The van der Waals surface area contributed by atoms with Gasteiger partial charge in [-0.2, -0.15) is 0 Å². The van der Waals surface area contributed by atoms with Gasteiger partial charge in [0.25, 0.3) is 0 Å². The monoisotopic (exact) mass is 1090 g/mol. The molecule has 0 saturated carbocycles. The predicted molar refractivity (Wildman–Crippen MR) is 321 cm³/mol. The topological polar surface area (TPSA) is 189 Å². The molecule has 1 saturated heterocycles. The van der Waals surface area contributed by atoms with Gasteiger partial charge in [-0.15, -0.1) is 0 Å². The van der Waals surface area contributed by atoms with Crippen molar-refractivity contribution < 1.29 is 50.0 Å². The average molecular weight is 1090 g/mol. The Balaban J connectivity index is 2.26. The summed E-state index contributed by atoms with van der Waals surface area (Å²) in [5.74, 6) is -0.704. The molecule has 0 spiro atoms. The fourth-order valence-corrected chi connectivity index (χ4v) is 10.9. The predicted octanol–water partition coefficient (Wildman–Crippen LogP) is 15.2. The van der Waals surface area contributed by atoms with Crippen LogP contribution in [0.4, 0.5) is 0 Å². The lowest BCUT2D eigenvalue weighted by Crippen LogP contribution is -2.60. The van der Waals surface area contributed by atoms with Gasteiger partial charge in [-0.3, -0.25) is 4.79 Å². The lowest BCUT2D eigenvalue weighted by molar-refractivity contribution is -0.303. The van der Waals surface area contributed by atoms with Crippen molar-refractivity contribution in [3.8, 4) is 0 Å². The minimum Gasteiger partial charge on any atom is -0.394 e. The van der Waals surface area contributed by atoms with Crippen LogP contribution in [0.15, 0.2) is 24.3 Å². The van der Waals surface area contributed by atoms with Crippen molar-refractivity contribution in [3.05, 3.63) is 24.3 Å². The van der Waals surface area contributed by atoms with E-state index >= 15 is 0 Å². The summed E-state index contributed by atoms with van der Waals surface area (Å²) in [4.78, 5) is 13.2. The van der Waals surface area contributed by atoms with Gasteiger partial charge in [-0.25, -0.2) is 0 Å². The summed E-state index contributed by atoms with van der Waals surface area (Å²) in [5, 5.41) is 76.4. The maximum Gasteiger partial charge on any atom is 0.249 e. The van der Waals surface area contributed by atoms with Gasteiger partial charge < -0.3 is 50.5 Å². The maximum absolute atomic E-state index is 13.2. The third-order valence-corrected chi connectivity index (χ3v) is 16.2. The molecular formula is C66H127NO10. The zero-order valence-electron chi connectivity index (χ0n) is 50.2. The maximum atomic E-state index is 13.2. The van der Waals surface area contributed by atoms with E-state index in [1.807, 2.05) is 0 Å². The van der Waals surface area contributed by atoms with E-state index in [1.54, 1.807) is 0 Å². The summed E-state index contributed by atoms with van der Waals surface area (Å²) in [6.07, 6.45) is 56.8. The van der Waals surface area contributed by atoms with Crippen LogP contribution in [0.1, 0.15) is 322 Å². The van der Waals surface area contributed by atoms with Gasteiger partial charge in [0.15, 0.2) is 6.29 Å². The Morgan fingerprint density at radius 2 is 0.779 bits per heavy atom. The Kier molecular flexibility index (Phi) is 52.7. The van der Waals surface area contributed by atoms with E-state index in [1.165, 1.54) is 238 Å². The molecule has 9 atom stereocenters. The van der Waals surface area contributed by atoms with Gasteiger partial charge in [-0.05, 0) is 51.4 Å². The van der Waals surface area contributed by atoms with E-state index < -0.39 is 74.2 Å². The molecule has 1 rings (SSSR count). The molecule has 0 aliphatic carbocycles. The van der Waals surface area contributed by atoms with Crippen LogP contribution in [0.2, 0.25) is 0 Å². The summed E-state index contributed by atoms with van der Waals surface area (Å²) in [7, 11) is 0. The molecule has 11 heteroatoms. The molecule has 11 nitrogen and oxygen atoms in total. The fraction of sp³-hybridized carbons (Fsp3) is 0.924. The molecular weight excluding hydrogens is 967 g/mol. The first-order chi connectivity index (χ1) is 37.7. The van der Waals surface area contributed by atoms with Gasteiger partial charge >= 0.3 is 0 Å². The molecule has 1 aliphatic heterocycles. The summed E-state index contributed by atoms with van der Waals surface area (Å²) in [5.41, 5.74) is 0. The number of ether oxygens (including phenoxy) is 2. The molecule has 0 bridgehead atoms. The van der Waals surface area contributed by atoms with Crippen LogP contribution in [0.25, 0.3) is 0 Å². The molecule has 77 heavy (non-hydrogen) atoms. The number of hydrogen-bond acceptors (Lipinski definition) is 10. The van der Waals surface area contributed by atoms with Gasteiger partial charge in [0.1, 0.15) is 36.6 Å². The molecule has 456 valence electrons. The van der Waals surface area contributed by atoms with Crippen molar-refractivity contribution in [1.29, 1.82) is 0 Å². The Morgan fingerprint density at radius 3 is 1.16 bits per heavy atom. The van der Waals surface area contributed by atoms with Crippen molar-refractivity contribution in [2.75, 3.05) is 13.2 Å². The Hall–Kier alpha value is -1.41. The Morgan fingerprint density at radius 1 is 0.442 bits per heavy atom. The molecule has 8 N–H and O–H groups in total. The smallest absolute Gasteiger partial charge is 0.249 e. The van der Waals surface area contributed by atoms with Crippen LogP contribution in [-0.2, 0) is 14.3 Å². The highest BCUT2D eigenvalue weighted by Gasteiger charge is 2.44. The van der Waals surface area contributed by atoms with Crippen LogP contribution < -0.4 is 5.32 Å². The highest BCUT2D eigenvalue weighted by Crippen LogP contribution is 2.24. The zero-order valence-corrected chi connectivity index (χ0v) is 50.2. The number of aliphatic hydroxyl groups is 7. The molecule has 0 aromatic carbocycles. The van der Waals surface area contributed by atoms with Crippen molar-refractivity contribution in [2.24, 2.45) is 0 Å². The number of amides is 1. The standard InChI is InChI=1S/C66H127NO10/c1-3-5-7-9-11-13-15-17-19-21-23-25-27-29-31-33-35-37-39-41-43-45-47-49-51-53-58(69)61(71)57(56-76-66-64(74)63(73)62(72)60(55-68)77-66)67-65(75)59(70)54-52-50-48-46-44-42-40-38-36-34-32-30-28-26-24-22-20-18-16-14-12-10-8-6-4-2/h37,39,45,47,57-64,66,68-74H,3-36,38,40-44,46,48-56H2,1-2H3,(H,67,75)/b39-37+,47-45+. The second-order valence-electron chi connectivity index (χ2n) is 23.5. The number of aliphatic hydroxyl groups excluding tert-OH is 7. The van der Waals surface area contributed by atoms with Crippen LogP contribution in [0.3, 0.4) is 0 Å². The summed E-state index contributed by atoms with van der Waals surface area (Å²) < 4.78 is 11.2. The summed E-state index contributed by atoms with van der Waals surface area (Å²) in [6.45, 7) is 3.49. The normalized spacial score (nSPS) is 19.6. The number of hydrogen-bond donors (Lipinski definition) is 8. The van der Waals surface area contributed by atoms with Gasteiger partial charge in [-0.1, -0.05) is 295 Å². The molecule has 1 fully saturated rings. The Bertz CT molecular complexity index is 1300. The molecule has 9 unspecified atom stereocenters. The van der Waals surface area contributed by atoms with Crippen molar-refractivity contribution in [2.45, 2.75) is 377 Å². The van der Waals surface area contributed by atoms with E-state index in [0.29, 0.717) is 19.3 Å². The second kappa shape index (κ2) is 55.1. The van der Waals surface area contributed by atoms with Crippen LogP contribution in [0.5, 0.6) is 0 Å². The first kappa shape index (κ1) is 73.6. The number of allylic oxidation sites excluding steroid dienone is 4. The van der Waals surface area contributed by atoms with E-state index in [-0.39, 0.29) is 12.8 Å². The van der Waals surface area contributed by atoms with Crippen molar-refractivity contribution >= 4 is 5.91 Å². The quantitative estimate of drug-likeness (QED) is 0.0215. The third-order valence-electron chi connectivity index (χ3n) is 16.2. The van der Waals surface area contributed by atoms with Crippen LogP contribution in [0, 0.1) is 0 Å². The fourth-order valence-electron chi connectivity index (χ4n) is 10.9. The number of rotatable bonds is 58. The number of nitrogens with one attached hydrogen (secondary N) is 1. The van der Waals surface area contributed by atoms with E-state index in [4.69, 9.17) is 9.47 Å². The van der Waals surface area contributed by atoms with E-state index in [0.717, 1.165) is 38.5 Å². The highest BCUT2D eigenvalue weighted by molar-refractivity contribution is 5.80. The minimum atomic E-state index is -1.67. The largest absolute Gasteiger partial charge is 0.394 e. The molecule has 0 aromatic rings. The molecule has 0 aromatic heterocycles. The summed E-state index contributed by atoms with van der Waals surface area (Å²) in [6, 6.07) is -1.19.